The third-order valence-electron chi connectivity index (χ3n) is 6.21. The van der Waals surface area contributed by atoms with E-state index in [1.807, 2.05) is 12.1 Å². The standard InChI is InChI=1S/C26H44O3/c1-5-9-20-26(18-6-2,19-7-3)21-10-11-24(29-8-4)17-14-22-12-15-23(16-13-22)25(27)28/h12-13,15-16,24H,5-11,14,17-21H2,1-4H3,(H,27,28). The maximum absolute atomic E-state index is 11.0. The number of unbranched alkanes of at least 4 members (excludes halogenated alkanes) is 1. The van der Waals surface area contributed by atoms with Crippen molar-refractivity contribution < 1.29 is 14.6 Å². The molecule has 0 amide bonds. The van der Waals surface area contributed by atoms with Crippen LogP contribution in [0.3, 0.4) is 0 Å². The molecule has 1 N–H and O–H groups in total. The Bertz CT molecular complexity index is 544. The van der Waals surface area contributed by atoms with Gasteiger partial charge in [0.2, 0.25) is 0 Å². The molecule has 0 aliphatic rings. The average Bonchev–Trinajstić information content (AvgIpc) is 2.71. The van der Waals surface area contributed by atoms with Gasteiger partial charge in [-0.25, -0.2) is 4.79 Å². The molecule has 1 unspecified atom stereocenters. The Labute approximate surface area is 179 Å². The summed E-state index contributed by atoms with van der Waals surface area (Å²) in [6.07, 6.45) is 15.2. The van der Waals surface area contributed by atoms with E-state index in [-0.39, 0.29) is 0 Å². The summed E-state index contributed by atoms with van der Waals surface area (Å²) in [7, 11) is 0. The monoisotopic (exact) mass is 404 g/mol. The SMILES string of the molecule is CCCCC(CCC)(CCC)CCCC(CCc1ccc(C(=O)O)cc1)OCC. The van der Waals surface area contributed by atoms with Gasteiger partial charge in [-0.2, -0.15) is 0 Å². The maximum atomic E-state index is 11.0. The van der Waals surface area contributed by atoms with Gasteiger partial charge < -0.3 is 9.84 Å². The fourth-order valence-electron chi connectivity index (χ4n) is 4.76. The van der Waals surface area contributed by atoms with Gasteiger partial charge in [-0.15, -0.1) is 0 Å². The molecule has 3 nitrogen and oxygen atoms in total. The van der Waals surface area contributed by atoms with Crippen molar-refractivity contribution in [3.63, 3.8) is 0 Å². The lowest BCUT2D eigenvalue weighted by Crippen LogP contribution is -2.22. The first-order valence-corrected chi connectivity index (χ1v) is 11.9. The summed E-state index contributed by atoms with van der Waals surface area (Å²) in [5, 5.41) is 9.04. The molecule has 3 heteroatoms. The van der Waals surface area contributed by atoms with Crippen LogP contribution in [0.5, 0.6) is 0 Å². The second-order valence-corrected chi connectivity index (χ2v) is 8.61. The van der Waals surface area contributed by atoms with Crippen LogP contribution < -0.4 is 0 Å². The number of hydrogen-bond donors (Lipinski definition) is 1. The third-order valence-corrected chi connectivity index (χ3v) is 6.21. The quantitative estimate of drug-likeness (QED) is 0.290. The van der Waals surface area contributed by atoms with Gasteiger partial charge in [0.15, 0.2) is 0 Å². The minimum atomic E-state index is -0.866. The number of carboxylic acids is 1. The molecule has 0 aliphatic carbocycles. The highest BCUT2D eigenvalue weighted by Gasteiger charge is 2.27. The lowest BCUT2D eigenvalue weighted by molar-refractivity contribution is 0.0449. The number of benzene rings is 1. The van der Waals surface area contributed by atoms with Gasteiger partial charge in [0.25, 0.3) is 0 Å². The second kappa shape index (κ2) is 14.6. The number of carbonyl (C=O) groups is 1. The summed E-state index contributed by atoms with van der Waals surface area (Å²) in [5.41, 5.74) is 2.07. The molecule has 1 atom stereocenters. The molecular formula is C26H44O3. The van der Waals surface area contributed by atoms with Crippen LogP contribution in [0.1, 0.15) is 114 Å². The van der Waals surface area contributed by atoms with Crippen molar-refractivity contribution >= 4 is 5.97 Å². The normalized spacial score (nSPS) is 12.8. The minimum Gasteiger partial charge on any atom is -0.478 e. The van der Waals surface area contributed by atoms with E-state index in [1.165, 1.54) is 63.4 Å². The lowest BCUT2D eigenvalue weighted by Gasteiger charge is -2.34. The molecule has 0 bridgehead atoms. The first-order valence-electron chi connectivity index (χ1n) is 11.9. The van der Waals surface area contributed by atoms with Gasteiger partial charge in [-0.05, 0) is 75.0 Å². The number of hydrogen-bond acceptors (Lipinski definition) is 2. The molecule has 29 heavy (non-hydrogen) atoms. The number of rotatable bonds is 17. The molecule has 0 saturated heterocycles. The first kappa shape index (κ1) is 25.7. The summed E-state index contributed by atoms with van der Waals surface area (Å²) in [5.74, 6) is -0.866. The summed E-state index contributed by atoms with van der Waals surface area (Å²) in [6, 6.07) is 7.27. The molecule has 1 aromatic rings. The van der Waals surface area contributed by atoms with Crippen molar-refractivity contribution in [3.05, 3.63) is 35.4 Å². The molecule has 0 aromatic heterocycles. The Morgan fingerprint density at radius 1 is 0.897 bits per heavy atom. The topological polar surface area (TPSA) is 46.5 Å². The Balaban J connectivity index is 2.59. The smallest absolute Gasteiger partial charge is 0.335 e. The van der Waals surface area contributed by atoms with Gasteiger partial charge in [0.05, 0.1) is 11.7 Å². The number of carboxylic acid groups (broad SMARTS) is 1. The maximum Gasteiger partial charge on any atom is 0.335 e. The lowest BCUT2D eigenvalue weighted by atomic mass is 9.71. The fraction of sp³-hybridized carbons (Fsp3) is 0.731. The van der Waals surface area contributed by atoms with E-state index in [9.17, 15) is 4.79 Å². The van der Waals surface area contributed by atoms with Crippen molar-refractivity contribution in [2.45, 2.75) is 111 Å². The van der Waals surface area contributed by atoms with E-state index in [4.69, 9.17) is 9.84 Å². The van der Waals surface area contributed by atoms with Gasteiger partial charge in [0.1, 0.15) is 0 Å². The summed E-state index contributed by atoms with van der Waals surface area (Å²) < 4.78 is 6.05. The second-order valence-electron chi connectivity index (χ2n) is 8.61. The largest absolute Gasteiger partial charge is 0.478 e. The van der Waals surface area contributed by atoms with Gasteiger partial charge in [-0.3, -0.25) is 0 Å². The molecule has 0 fully saturated rings. The minimum absolute atomic E-state index is 0.297. The van der Waals surface area contributed by atoms with Crippen LogP contribution in [0, 0.1) is 5.41 Å². The zero-order valence-corrected chi connectivity index (χ0v) is 19.3. The highest BCUT2D eigenvalue weighted by Crippen LogP contribution is 2.40. The van der Waals surface area contributed by atoms with E-state index >= 15 is 0 Å². The highest BCUT2D eigenvalue weighted by molar-refractivity contribution is 5.87. The van der Waals surface area contributed by atoms with E-state index in [0.717, 1.165) is 25.9 Å². The zero-order valence-electron chi connectivity index (χ0n) is 19.3. The van der Waals surface area contributed by atoms with Gasteiger partial charge >= 0.3 is 5.97 Å². The predicted octanol–water partition coefficient (Wildman–Crippen LogP) is 7.67. The van der Waals surface area contributed by atoms with E-state index in [1.54, 1.807) is 12.1 Å². The van der Waals surface area contributed by atoms with E-state index in [2.05, 4.69) is 27.7 Å². The number of ether oxygens (including phenoxy) is 1. The Morgan fingerprint density at radius 3 is 2.03 bits per heavy atom. The van der Waals surface area contributed by atoms with Gasteiger partial charge in [0, 0.05) is 6.61 Å². The summed E-state index contributed by atoms with van der Waals surface area (Å²) in [4.78, 5) is 11.0. The van der Waals surface area contributed by atoms with Crippen molar-refractivity contribution in [3.8, 4) is 0 Å². The molecule has 1 aromatic carbocycles. The number of aromatic carboxylic acids is 1. The van der Waals surface area contributed by atoms with Crippen LogP contribution in [0.15, 0.2) is 24.3 Å². The van der Waals surface area contributed by atoms with Crippen LogP contribution >= 0.6 is 0 Å². The molecule has 0 saturated carbocycles. The van der Waals surface area contributed by atoms with Crippen molar-refractivity contribution in [1.82, 2.24) is 0 Å². The molecule has 166 valence electrons. The molecule has 0 radical (unpaired) electrons. The van der Waals surface area contributed by atoms with Crippen LogP contribution in [-0.4, -0.2) is 23.8 Å². The highest BCUT2D eigenvalue weighted by atomic mass is 16.5. The molecular weight excluding hydrogens is 360 g/mol. The Hall–Kier alpha value is -1.35. The zero-order chi connectivity index (χ0) is 21.5. The fourth-order valence-corrected chi connectivity index (χ4v) is 4.76. The van der Waals surface area contributed by atoms with Crippen LogP contribution in [-0.2, 0) is 11.2 Å². The molecule has 0 spiro atoms. The molecule has 1 rings (SSSR count). The third kappa shape index (κ3) is 9.80. The van der Waals surface area contributed by atoms with Crippen molar-refractivity contribution in [2.75, 3.05) is 6.61 Å². The van der Waals surface area contributed by atoms with Gasteiger partial charge in [-0.1, -0.05) is 65.0 Å². The number of aryl methyl sites for hydroxylation is 1. The van der Waals surface area contributed by atoms with Crippen LogP contribution in [0.4, 0.5) is 0 Å². The van der Waals surface area contributed by atoms with E-state index in [0.29, 0.717) is 17.1 Å². The van der Waals surface area contributed by atoms with Crippen molar-refractivity contribution in [2.24, 2.45) is 5.41 Å². The first-order chi connectivity index (χ1) is 14.0. The van der Waals surface area contributed by atoms with E-state index < -0.39 is 5.97 Å². The Kier molecular flexibility index (Phi) is 12.9. The van der Waals surface area contributed by atoms with Crippen LogP contribution in [0.25, 0.3) is 0 Å². The Morgan fingerprint density at radius 2 is 1.52 bits per heavy atom. The molecule has 0 heterocycles. The summed E-state index contributed by atoms with van der Waals surface area (Å²) in [6.45, 7) is 9.79. The predicted molar refractivity (Wildman–Crippen MR) is 123 cm³/mol. The molecule has 0 aliphatic heterocycles. The average molecular weight is 405 g/mol. The van der Waals surface area contributed by atoms with Crippen LogP contribution in [0.2, 0.25) is 0 Å². The summed E-state index contributed by atoms with van der Waals surface area (Å²) >= 11 is 0. The van der Waals surface area contributed by atoms with Crippen molar-refractivity contribution in [1.29, 1.82) is 0 Å².